The van der Waals surface area contributed by atoms with Gasteiger partial charge in [0.25, 0.3) is 0 Å². The topological polar surface area (TPSA) is 89.3 Å². The van der Waals surface area contributed by atoms with Crippen molar-refractivity contribution in [3.8, 4) is 0 Å². The Labute approximate surface area is 47.5 Å². The number of rotatable bonds is 2. The van der Waals surface area contributed by atoms with Crippen LogP contribution in [-0.4, -0.2) is 23.2 Å². The second kappa shape index (κ2) is 2.64. The number of primary amides is 1. The Bertz CT molecular complexity index is 92.0. The van der Waals surface area contributed by atoms with Crippen LogP contribution in [0.25, 0.3) is 0 Å². The first-order valence-corrected chi connectivity index (χ1v) is 2.28. The fraction of sp³-hybridized carbons (Fsp3) is 0.750. The number of hydrogen-bond donors (Lipinski definition) is 3. The minimum atomic E-state index is -0.935. The van der Waals surface area contributed by atoms with E-state index in [1.165, 1.54) is 6.92 Å². The molecule has 48 valence electrons. The first-order valence-electron chi connectivity index (χ1n) is 2.28. The number of nitrogens with two attached hydrogens (primary N) is 2. The zero-order valence-corrected chi connectivity index (χ0v) is 4.66. The molecule has 0 bridgehead atoms. The Morgan fingerprint density at radius 1 is 1.75 bits per heavy atom. The molecule has 0 fully saturated rings. The lowest BCUT2D eigenvalue weighted by molar-refractivity contribution is -0.121. The fourth-order valence-corrected chi connectivity index (χ4v) is 0.238. The summed E-state index contributed by atoms with van der Waals surface area (Å²) in [6.45, 7) is 1.41. The van der Waals surface area contributed by atoms with E-state index in [4.69, 9.17) is 16.6 Å². The molecule has 0 saturated heterocycles. The maximum atomic E-state index is 10.1. The summed E-state index contributed by atoms with van der Waals surface area (Å²) in [6.07, 6.45) is -0.854. The van der Waals surface area contributed by atoms with E-state index in [0.717, 1.165) is 0 Å². The molecule has 0 aliphatic rings. The van der Waals surface area contributed by atoms with Crippen molar-refractivity contribution in [1.82, 2.24) is 0 Å². The molecule has 0 aromatic heterocycles. The van der Waals surface area contributed by atoms with Gasteiger partial charge in [0.15, 0.2) is 0 Å². The normalized spacial score (nSPS) is 17.4. The van der Waals surface area contributed by atoms with Crippen LogP contribution in [0.2, 0.25) is 0 Å². The number of carbonyl (C=O) groups excluding carboxylic acids is 1. The van der Waals surface area contributed by atoms with Crippen LogP contribution in [0.3, 0.4) is 0 Å². The molecule has 0 heterocycles. The van der Waals surface area contributed by atoms with Gasteiger partial charge in [-0.25, -0.2) is 0 Å². The summed E-state index contributed by atoms with van der Waals surface area (Å²) in [4.78, 5) is 10.1. The number of carbonyl (C=O) groups is 1. The Balaban J connectivity index is 3.64. The first-order chi connectivity index (χ1) is 3.55. The predicted octanol–water partition coefficient (Wildman–Crippen LogP) is -1.82. The number of aliphatic hydroxyl groups excluding tert-OH is 1. The lowest BCUT2D eigenvalue weighted by atomic mass is 10.2. The Kier molecular flexibility index (Phi) is 2.44. The van der Waals surface area contributed by atoms with Gasteiger partial charge < -0.3 is 16.6 Å². The maximum absolute atomic E-state index is 10.1. The van der Waals surface area contributed by atoms with E-state index in [1.54, 1.807) is 0 Å². The average molecular weight is 118 g/mol. The summed E-state index contributed by atoms with van der Waals surface area (Å²) < 4.78 is 0. The SMILES string of the molecule is C[C@@H](O)C(N)C(N)=O. The molecule has 0 aromatic carbocycles. The Morgan fingerprint density at radius 2 is 2.12 bits per heavy atom. The van der Waals surface area contributed by atoms with Crippen LogP contribution < -0.4 is 11.5 Å². The van der Waals surface area contributed by atoms with Crippen LogP contribution in [0.1, 0.15) is 6.92 Å². The lowest BCUT2D eigenvalue weighted by Crippen LogP contribution is -2.44. The number of hydrogen-bond acceptors (Lipinski definition) is 3. The summed E-state index contributed by atoms with van der Waals surface area (Å²) in [5.74, 6) is -0.681. The molecule has 8 heavy (non-hydrogen) atoms. The highest BCUT2D eigenvalue weighted by Crippen LogP contribution is 1.84. The summed E-state index contributed by atoms with van der Waals surface area (Å²) in [5.41, 5.74) is 9.75. The highest BCUT2D eigenvalue weighted by Gasteiger charge is 2.13. The van der Waals surface area contributed by atoms with Crippen molar-refractivity contribution >= 4 is 5.91 Å². The van der Waals surface area contributed by atoms with Crippen molar-refractivity contribution in [3.05, 3.63) is 0 Å². The first kappa shape index (κ1) is 7.39. The zero-order chi connectivity index (χ0) is 6.73. The molecule has 0 rings (SSSR count). The Hall–Kier alpha value is -0.610. The van der Waals surface area contributed by atoms with E-state index < -0.39 is 18.1 Å². The van der Waals surface area contributed by atoms with Gasteiger partial charge >= 0.3 is 0 Å². The van der Waals surface area contributed by atoms with Crippen LogP contribution >= 0.6 is 0 Å². The third kappa shape index (κ3) is 1.90. The van der Waals surface area contributed by atoms with Crippen molar-refractivity contribution in [1.29, 1.82) is 0 Å². The summed E-state index contributed by atoms with van der Waals surface area (Å²) in [6, 6.07) is -0.935. The van der Waals surface area contributed by atoms with Crippen LogP contribution in [0.5, 0.6) is 0 Å². The van der Waals surface area contributed by atoms with Gasteiger partial charge in [0.1, 0.15) is 6.04 Å². The zero-order valence-electron chi connectivity index (χ0n) is 4.66. The van der Waals surface area contributed by atoms with E-state index in [9.17, 15) is 4.79 Å². The van der Waals surface area contributed by atoms with Crippen LogP contribution in [0.15, 0.2) is 0 Å². The summed E-state index contributed by atoms with van der Waals surface area (Å²) in [7, 11) is 0. The molecule has 0 saturated carbocycles. The molecule has 0 aromatic rings. The van der Waals surface area contributed by atoms with Crippen molar-refractivity contribution in [2.75, 3.05) is 0 Å². The smallest absolute Gasteiger partial charge is 0.237 e. The van der Waals surface area contributed by atoms with Gasteiger partial charge in [-0.2, -0.15) is 0 Å². The Morgan fingerprint density at radius 3 is 2.12 bits per heavy atom. The molecule has 1 unspecified atom stereocenters. The molecule has 0 aliphatic heterocycles. The van der Waals surface area contributed by atoms with Crippen molar-refractivity contribution < 1.29 is 9.90 Å². The second-order valence-electron chi connectivity index (χ2n) is 1.67. The standard InChI is InChI=1S/C4H10N2O2/c1-2(7)3(5)4(6)8/h2-3,7H,5H2,1H3,(H2,6,8)/t2-,3?/m1/s1. The van der Waals surface area contributed by atoms with E-state index in [2.05, 4.69) is 0 Å². The van der Waals surface area contributed by atoms with Crippen LogP contribution in [0.4, 0.5) is 0 Å². The minimum absolute atomic E-state index is 0.681. The third-order valence-corrected chi connectivity index (χ3v) is 0.848. The van der Waals surface area contributed by atoms with E-state index >= 15 is 0 Å². The highest BCUT2D eigenvalue weighted by molar-refractivity contribution is 5.80. The minimum Gasteiger partial charge on any atom is -0.391 e. The second-order valence-corrected chi connectivity index (χ2v) is 1.67. The molecule has 4 nitrogen and oxygen atoms in total. The molecular weight excluding hydrogens is 108 g/mol. The monoisotopic (exact) mass is 118 g/mol. The van der Waals surface area contributed by atoms with Crippen molar-refractivity contribution in [2.24, 2.45) is 11.5 Å². The fourth-order valence-electron chi connectivity index (χ4n) is 0.238. The van der Waals surface area contributed by atoms with E-state index in [0.29, 0.717) is 0 Å². The van der Waals surface area contributed by atoms with Crippen molar-refractivity contribution in [2.45, 2.75) is 19.1 Å². The van der Waals surface area contributed by atoms with Crippen LogP contribution in [-0.2, 0) is 4.79 Å². The summed E-state index contributed by atoms with van der Waals surface area (Å²) in [5, 5.41) is 8.57. The summed E-state index contributed by atoms with van der Waals surface area (Å²) >= 11 is 0. The van der Waals surface area contributed by atoms with Gasteiger partial charge in [0, 0.05) is 0 Å². The van der Waals surface area contributed by atoms with Gasteiger partial charge in [0.2, 0.25) is 5.91 Å². The molecule has 4 heteroatoms. The molecule has 0 spiro atoms. The molecule has 0 radical (unpaired) electrons. The average Bonchev–Trinajstić information content (AvgIpc) is 1.64. The maximum Gasteiger partial charge on any atom is 0.237 e. The molecule has 2 atom stereocenters. The van der Waals surface area contributed by atoms with Gasteiger partial charge in [-0.3, -0.25) is 4.79 Å². The molecule has 0 aliphatic carbocycles. The van der Waals surface area contributed by atoms with Gasteiger partial charge in [-0.1, -0.05) is 0 Å². The quantitative estimate of drug-likeness (QED) is 0.399. The molecule has 5 N–H and O–H groups in total. The largest absolute Gasteiger partial charge is 0.391 e. The number of aliphatic hydroxyl groups is 1. The molecular formula is C4H10N2O2. The van der Waals surface area contributed by atoms with Gasteiger partial charge in [0.05, 0.1) is 6.10 Å². The lowest BCUT2D eigenvalue weighted by Gasteiger charge is -2.08. The molecule has 1 amide bonds. The number of amides is 1. The highest BCUT2D eigenvalue weighted by atomic mass is 16.3. The van der Waals surface area contributed by atoms with Gasteiger partial charge in [-0.05, 0) is 6.92 Å². The van der Waals surface area contributed by atoms with E-state index in [-0.39, 0.29) is 0 Å². The van der Waals surface area contributed by atoms with Crippen LogP contribution in [0, 0.1) is 0 Å². The van der Waals surface area contributed by atoms with Crippen molar-refractivity contribution in [3.63, 3.8) is 0 Å². The third-order valence-electron chi connectivity index (χ3n) is 0.848. The van der Waals surface area contributed by atoms with E-state index in [1.807, 2.05) is 0 Å². The predicted molar refractivity (Wildman–Crippen MR) is 28.9 cm³/mol. The van der Waals surface area contributed by atoms with Gasteiger partial charge in [-0.15, -0.1) is 0 Å².